The van der Waals surface area contributed by atoms with Gasteiger partial charge in [0.2, 0.25) is 18.6 Å². The Hall–Kier alpha value is -3.42. The van der Waals surface area contributed by atoms with Crippen molar-refractivity contribution in [1.82, 2.24) is 5.32 Å². The van der Waals surface area contributed by atoms with Crippen LogP contribution in [0.5, 0.6) is 23.0 Å². The average molecular weight is 453 g/mol. The van der Waals surface area contributed by atoms with Gasteiger partial charge in [0.15, 0.2) is 23.0 Å². The molecule has 0 saturated carbocycles. The number of ether oxygens (including phenoxy) is 4. The lowest BCUT2D eigenvalue weighted by molar-refractivity contribution is -0.127. The van der Waals surface area contributed by atoms with E-state index in [1.54, 1.807) is 17.0 Å². The van der Waals surface area contributed by atoms with Crippen LogP contribution < -0.4 is 29.2 Å². The second-order valence-corrected chi connectivity index (χ2v) is 8.93. The summed E-state index contributed by atoms with van der Waals surface area (Å²) in [5.74, 6) is 2.23. The Balaban J connectivity index is 1.30. The summed E-state index contributed by atoms with van der Waals surface area (Å²) < 4.78 is 22.3. The van der Waals surface area contributed by atoms with Gasteiger partial charge in [0.05, 0.1) is 25.2 Å². The fraction of sp³-hybridized carbons (Fsp3) is 0.440. The molecule has 2 amide bonds. The monoisotopic (exact) mass is 452 g/mol. The van der Waals surface area contributed by atoms with Crippen LogP contribution in [0.1, 0.15) is 38.3 Å². The van der Waals surface area contributed by atoms with Gasteiger partial charge in [0.25, 0.3) is 0 Å². The summed E-state index contributed by atoms with van der Waals surface area (Å²) in [6.45, 7) is 5.87. The van der Waals surface area contributed by atoms with Gasteiger partial charge in [-0.25, -0.2) is 0 Å². The third-order valence-electron chi connectivity index (χ3n) is 6.26. The molecule has 0 radical (unpaired) electrons. The van der Waals surface area contributed by atoms with E-state index in [9.17, 15) is 9.59 Å². The quantitative estimate of drug-likeness (QED) is 0.748. The number of benzene rings is 2. The Morgan fingerprint density at radius 3 is 2.48 bits per heavy atom. The second-order valence-electron chi connectivity index (χ2n) is 8.93. The van der Waals surface area contributed by atoms with E-state index in [0.29, 0.717) is 42.7 Å². The van der Waals surface area contributed by atoms with Gasteiger partial charge in [0, 0.05) is 31.1 Å². The second kappa shape index (κ2) is 8.84. The van der Waals surface area contributed by atoms with Crippen molar-refractivity contribution in [3.8, 4) is 23.0 Å². The van der Waals surface area contributed by atoms with Gasteiger partial charge in [0.1, 0.15) is 0 Å². The highest BCUT2D eigenvalue weighted by molar-refractivity contribution is 6.00. The number of hydrogen-bond acceptors (Lipinski definition) is 6. The number of anilines is 1. The molecule has 1 saturated heterocycles. The summed E-state index contributed by atoms with van der Waals surface area (Å²) in [5, 5.41) is 3.17. The molecule has 3 aliphatic heterocycles. The van der Waals surface area contributed by atoms with Gasteiger partial charge in [-0.2, -0.15) is 0 Å². The van der Waals surface area contributed by atoms with Crippen LogP contribution >= 0.6 is 0 Å². The van der Waals surface area contributed by atoms with Crippen molar-refractivity contribution in [2.75, 3.05) is 31.5 Å². The fourth-order valence-corrected chi connectivity index (χ4v) is 4.47. The Kier molecular flexibility index (Phi) is 5.74. The third-order valence-corrected chi connectivity index (χ3v) is 6.26. The SMILES string of the molecule is CC(C)[C@H](NC(=O)[C@H]1CC(=O)N(c2ccc3c(c2)OCO3)C1)c1ccc2c(c1)OCCCO2. The zero-order valence-electron chi connectivity index (χ0n) is 18.8. The molecule has 174 valence electrons. The molecule has 2 aromatic carbocycles. The number of carbonyl (C=O) groups is 2. The zero-order chi connectivity index (χ0) is 22.9. The minimum Gasteiger partial charge on any atom is -0.490 e. The van der Waals surface area contributed by atoms with Gasteiger partial charge in [-0.15, -0.1) is 0 Å². The first-order chi connectivity index (χ1) is 16.0. The van der Waals surface area contributed by atoms with Crippen molar-refractivity contribution in [1.29, 1.82) is 0 Å². The lowest BCUT2D eigenvalue weighted by Gasteiger charge is -2.25. The molecule has 3 aliphatic rings. The molecule has 1 N–H and O–H groups in total. The number of amides is 2. The topological polar surface area (TPSA) is 86.3 Å². The van der Waals surface area contributed by atoms with Crippen LogP contribution in [0.4, 0.5) is 5.69 Å². The normalized spacial score (nSPS) is 20.0. The number of carbonyl (C=O) groups excluding carboxylic acids is 2. The molecule has 0 aromatic heterocycles. The van der Waals surface area contributed by atoms with Crippen LogP contribution in [-0.2, 0) is 9.59 Å². The standard InChI is InChI=1S/C25H28N2O6/c1-15(2)24(16-4-6-19-21(10-16)31-9-3-8-30-19)26-25(29)17-11-23(28)27(13-17)18-5-7-20-22(12-18)33-14-32-20/h4-7,10,12,15,17,24H,3,8-9,11,13-14H2,1-2H3,(H,26,29)/t17-,24-/m0/s1. The molecule has 2 aromatic rings. The van der Waals surface area contributed by atoms with Crippen molar-refractivity contribution in [2.24, 2.45) is 11.8 Å². The molecule has 2 atom stereocenters. The van der Waals surface area contributed by atoms with E-state index in [0.717, 1.165) is 17.7 Å². The minimum atomic E-state index is -0.426. The summed E-state index contributed by atoms with van der Waals surface area (Å²) in [4.78, 5) is 27.6. The van der Waals surface area contributed by atoms with Crippen LogP contribution in [0.2, 0.25) is 0 Å². The van der Waals surface area contributed by atoms with E-state index < -0.39 is 5.92 Å². The van der Waals surface area contributed by atoms with E-state index in [2.05, 4.69) is 19.2 Å². The highest BCUT2D eigenvalue weighted by atomic mass is 16.7. The van der Waals surface area contributed by atoms with E-state index in [-0.39, 0.29) is 37.0 Å². The predicted molar refractivity (Wildman–Crippen MR) is 121 cm³/mol. The molecule has 8 nitrogen and oxygen atoms in total. The lowest BCUT2D eigenvalue weighted by atomic mass is 9.94. The maximum atomic E-state index is 13.2. The Morgan fingerprint density at radius 2 is 1.67 bits per heavy atom. The molecule has 0 aliphatic carbocycles. The molecule has 5 rings (SSSR count). The molecule has 3 heterocycles. The number of fused-ring (bicyclic) bond motifs is 2. The van der Waals surface area contributed by atoms with Gasteiger partial charge in [-0.3, -0.25) is 9.59 Å². The third kappa shape index (κ3) is 4.29. The Bertz CT molecular complexity index is 1070. The van der Waals surface area contributed by atoms with Gasteiger partial charge in [-0.1, -0.05) is 19.9 Å². The van der Waals surface area contributed by atoms with Gasteiger partial charge >= 0.3 is 0 Å². The first kappa shape index (κ1) is 21.4. The van der Waals surface area contributed by atoms with Crippen LogP contribution in [0.15, 0.2) is 36.4 Å². The largest absolute Gasteiger partial charge is 0.490 e. The van der Waals surface area contributed by atoms with Crippen LogP contribution in [-0.4, -0.2) is 38.4 Å². The number of nitrogens with one attached hydrogen (secondary N) is 1. The predicted octanol–water partition coefficient (Wildman–Crippen LogP) is 3.44. The summed E-state index contributed by atoms with van der Waals surface area (Å²) in [6, 6.07) is 11.0. The van der Waals surface area contributed by atoms with E-state index in [4.69, 9.17) is 18.9 Å². The molecule has 0 unspecified atom stereocenters. The summed E-state index contributed by atoms with van der Waals surface area (Å²) in [5.41, 5.74) is 1.67. The maximum Gasteiger partial charge on any atom is 0.231 e. The van der Waals surface area contributed by atoms with Crippen LogP contribution in [0.25, 0.3) is 0 Å². The van der Waals surface area contributed by atoms with Crippen LogP contribution in [0, 0.1) is 11.8 Å². The minimum absolute atomic E-state index is 0.0781. The lowest BCUT2D eigenvalue weighted by Crippen LogP contribution is -2.37. The summed E-state index contributed by atoms with van der Waals surface area (Å²) in [7, 11) is 0. The number of hydrogen-bond donors (Lipinski definition) is 1. The fourth-order valence-electron chi connectivity index (χ4n) is 4.47. The first-order valence-electron chi connectivity index (χ1n) is 11.4. The summed E-state index contributed by atoms with van der Waals surface area (Å²) in [6.07, 6.45) is 1.01. The van der Waals surface area contributed by atoms with Crippen molar-refractivity contribution in [3.63, 3.8) is 0 Å². The van der Waals surface area contributed by atoms with E-state index in [1.807, 2.05) is 24.3 Å². The highest BCUT2D eigenvalue weighted by Gasteiger charge is 2.37. The van der Waals surface area contributed by atoms with E-state index >= 15 is 0 Å². The van der Waals surface area contributed by atoms with Crippen molar-refractivity contribution >= 4 is 17.5 Å². The number of rotatable bonds is 5. The van der Waals surface area contributed by atoms with Crippen molar-refractivity contribution < 1.29 is 28.5 Å². The molecule has 1 fully saturated rings. The number of nitrogens with zero attached hydrogens (tertiary/aromatic N) is 1. The van der Waals surface area contributed by atoms with Crippen molar-refractivity contribution in [2.45, 2.75) is 32.7 Å². The average Bonchev–Trinajstić information content (AvgIpc) is 3.36. The van der Waals surface area contributed by atoms with Gasteiger partial charge < -0.3 is 29.2 Å². The van der Waals surface area contributed by atoms with E-state index in [1.165, 1.54) is 0 Å². The summed E-state index contributed by atoms with van der Waals surface area (Å²) >= 11 is 0. The molecule has 0 bridgehead atoms. The molecule has 33 heavy (non-hydrogen) atoms. The Morgan fingerprint density at radius 1 is 0.970 bits per heavy atom. The first-order valence-corrected chi connectivity index (χ1v) is 11.4. The smallest absolute Gasteiger partial charge is 0.231 e. The maximum absolute atomic E-state index is 13.2. The molecular formula is C25H28N2O6. The molecule has 8 heteroatoms. The Labute approximate surface area is 192 Å². The van der Waals surface area contributed by atoms with Crippen LogP contribution in [0.3, 0.4) is 0 Å². The molecular weight excluding hydrogens is 424 g/mol. The highest BCUT2D eigenvalue weighted by Crippen LogP contribution is 2.38. The van der Waals surface area contributed by atoms with Gasteiger partial charge in [-0.05, 0) is 35.7 Å². The van der Waals surface area contributed by atoms with Crippen molar-refractivity contribution in [3.05, 3.63) is 42.0 Å². The molecule has 0 spiro atoms. The zero-order valence-corrected chi connectivity index (χ0v) is 18.8.